The maximum absolute atomic E-state index is 13.2. The summed E-state index contributed by atoms with van der Waals surface area (Å²) in [4.78, 5) is 0. The topological polar surface area (TPSA) is 0 Å². The van der Waals surface area contributed by atoms with E-state index in [-0.39, 0.29) is 0 Å². The zero-order chi connectivity index (χ0) is 15.2. The van der Waals surface area contributed by atoms with Crippen LogP contribution in [0.4, 0.5) is 8.78 Å². The third kappa shape index (κ3) is 4.66. The Morgan fingerprint density at radius 1 is 1.19 bits per heavy atom. The van der Waals surface area contributed by atoms with Crippen molar-refractivity contribution in [3.05, 3.63) is 48.1 Å². The molecule has 0 bridgehead atoms. The molecule has 115 valence electrons. The average molecular weight is 291 g/mol. The van der Waals surface area contributed by atoms with Gasteiger partial charge in [-0.1, -0.05) is 38.5 Å². The van der Waals surface area contributed by atoms with Gasteiger partial charge in [0.05, 0.1) is 0 Å². The van der Waals surface area contributed by atoms with Crippen LogP contribution >= 0.6 is 0 Å². The van der Waals surface area contributed by atoms with E-state index in [0.29, 0.717) is 5.92 Å². The number of benzene rings is 1. The summed E-state index contributed by atoms with van der Waals surface area (Å²) in [7, 11) is 0. The van der Waals surface area contributed by atoms with Crippen LogP contribution in [0.1, 0.15) is 51.0 Å². The minimum atomic E-state index is -0.759. The third-order valence-corrected chi connectivity index (χ3v) is 5.03. The molecule has 1 atom stereocenters. The molecule has 0 N–H and O–H groups in total. The molecule has 1 saturated carbocycles. The molecule has 0 aliphatic heterocycles. The van der Waals surface area contributed by atoms with Crippen LogP contribution in [-0.2, 0) is 6.42 Å². The van der Waals surface area contributed by atoms with E-state index in [4.69, 9.17) is 6.58 Å². The molecule has 0 saturated heterocycles. The van der Waals surface area contributed by atoms with Crippen LogP contribution in [0.5, 0.6) is 0 Å². The van der Waals surface area contributed by atoms with Gasteiger partial charge in [-0.25, -0.2) is 8.78 Å². The second-order valence-electron chi connectivity index (χ2n) is 6.52. The fraction of sp³-hybridized carbons (Fsp3) is 0.579. The number of halogens is 2. The molecule has 0 spiro atoms. The molecule has 2 heteroatoms. The normalized spacial score (nSPS) is 23.8. The lowest BCUT2D eigenvalue weighted by molar-refractivity contribution is 0.208. The van der Waals surface area contributed by atoms with Crippen LogP contribution in [-0.4, -0.2) is 0 Å². The van der Waals surface area contributed by atoms with Gasteiger partial charge in [-0.2, -0.15) is 0 Å². The Labute approximate surface area is 127 Å². The van der Waals surface area contributed by atoms with Crippen molar-refractivity contribution in [3.8, 4) is 0 Å². The lowest BCUT2D eigenvalue weighted by Gasteiger charge is -2.32. The quantitative estimate of drug-likeness (QED) is 0.629. The van der Waals surface area contributed by atoms with Gasteiger partial charge in [-0.3, -0.25) is 0 Å². The summed E-state index contributed by atoms with van der Waals surface area (Å²) in [5.41, 5.74) is 0.905. The maximum Gasteiger partial charge on any atom is 0.159 e. The fourth-order valence-corrected chi connectivity index (χ4v) is 3.52. The summed E-state index contributed by atoms with van der Waals surface area (Å²) in [5, 5.41) is 0. The Bertz CT molecular complexity index is 459. The van der Waals surface area contributed by atoms with Gasteiger partial charge in [0.1, 0.15) is 0 Å². The van der Waals surface area contributed by atoms with E-state index < -0.39 is 11.6 Å². The second kappa shape index (κ2) is 7.72. The molecule has 21 heavy (non-hydrogen) atoms. The van der Waals surface area contributed by atoms with Gasteiger partial charge < -0.3 is 0 Å². The highest BCUT2D eigenvalue weighted by Crippen LogP contribution is 2.36. The minimum absolute atomic E-state index is 0.683. The molecule has 1 radical (unpaired) electrons. The summed E-state index contributed by atoms with van der Waals surface area (Å²) in [6.45, 7) is 7.80. The molecule has 0 heterocycles. The Morgan fingerprint density at radius 3 is 2.52 bits per heavy atom. The zero-order valence-electron chi connectivity index (χ0n) is 12.8. The molecule has 1 aliphatic rings. The van der Waals surface area contributed by atoms with Crippen LogP contribution in [0.2, 0.25) is 0 Å². The molecule has 2 rings (SSSR count). The molecular weight excluding hydrogens is 266 g/mol. The van der Waals surface area contributed by atoms with Crippen molar-refractivity contribution in [3.63, 3.8) is 0 Å². The number of hydrogen-bond acceptors (Lipinski definition) is 0. The number of aryl methyl sites for hydroxylation is 1. The molecule has 1 unspecified atom stereocenters. The summed E-state index contributed by atoms with van der Waals surface area (Å²) in [6.07, 6.45) is 9.76. The van der Waals surface area contributed by atoms with Crippen molar-refractivity contribution in [1.29, 1.82) is 0 Å². The van der Waals surface area contributed by atoms with Crippen LogP contribution in [0.3, 0.4) is 0 Å². The highest BCUT2D eigenvalue weighted by Gasteiger charge is 2.24. The van der Waals surface area contributed by atoms with Gasteiger partial charge >= 0.3 is 0 Å². The van der Waals surface area contributed by atoms with Crippen molar-refractivity contribution in [2.75, 3.05) is 0 Å². The first-order valence-corrected chi connectivity index (χ1v) is 8.07. The van der Waals surface area contributed by atoms with Crippen LogP contribution in [0, 0.1) is 36.0 Å². The Kier molecular flexibility index (Phi) is 5.96. The molecule has 1 aromatic carbocycles. The minimum Gasteiger partial charge on any atom is -0.204 e. The molecule has 1 aliphatic carbocycles. The van der Waals surface area contributed by atoms with Crippen LogP contribution < -0.4 is 0 Å². The number of hydrogen-bond donors (Lipinski definition) is 0. The molecule has 0 aromatic heterocycles. The van der Waals surface area contributed by atoms with E-state index in [2.05, 4.69) is 6.92 Å². The highest BCUT2D eigenvalue weighted by molar-refractivity contribution is 5.17. The third-order valence-electron chi connectivity index (χ3n) is 5.03. The summed E-state index contributed by atoms with van der Waals surface area (Å²) in [5.74, 6) is 0.711. The standard InChI is InChI=1S/C19H25F2/c1-3-4-14(2)17-10-7-15(8-11-17)5-6-16-9-12-18(20)19(21)13-16/h1,3,9,12-15,17H,4-8,10-11H2,2H3. The van der Waals surface area contributed by atoms with E-state index in [1.54, 1.807) is 12.1 Å². The Morgan fingerprint density at radius 2 is 1.90 bits per heavy atom. The van der Waals surface area contributed by atoms with E-state index >= 15 is 0 Å². The van der Waals surface area contributed by atoms with Crippen LogP contribution in [0.15, 0.2) is 24.3 Å². The van der Waals surface area contributed by atoms with E-state index in [9.17, 15) is 8.78 Å². The predicted molar refractivity (Wildman–Crippen MR) is 82.8 cm³/mol. The van der Waals surface area contributed by atoms with Gasteiger partial charge in [-0.15, -0.1) is 0 Å². The first-order valence-electron chi connectivity index (χ1n) is 8.07. The van der Waals surface area contributed by atoms with Crippen molar-refractivity contribution in [1.82, 2.24) is 0 Å². The van der Waals surface area contributed by atoms with Crippen molar-refractivity contribution < 1.29 is 8.78 Å². The van der Waals surface area contributed by atoms with Gasteiger partial charge in [0.2, 0.25) is 0 Å². The van der Waals surface area contributed by atoms with Crippen molar-refractivity contribution in [2.24, 2.45) is 17.8 Å². The van der Waals surface area contributed by atoms with Gasteiger partial charge in [0, 0.05) is 0 Å². The largest absolute Gasteiger partial charge is 0.204 e. The summed E-state index contributed by atoms with van der Waals surface area (Å²) < 4.78 is 26.1. The SMILES string of the molecule is [CH]=CCC(C)C1CCC(CCc2ccc(F)c(F)c2)CC1. The predicted octanol–water partition coefficient (Wildman–Crippen LogP) is 5.72. The monoisotopic (exact) mass is 291 g/mol. The zero-order valence-corrected chi connectivity index (χ0v) is 12.8. The van der Waals surface area contributed by atoms with Crippen molar-refractivity contribution in [2.45, 2.75) is 51.9 Å². The van der Waals surface area contributed by atoms with Gasteiger partial charge in [0.15, 0.2) is 11.6 Å². The fourth-order valence-electron chi connectivity index (χ4n) is 3.52. The molecule has 1 aromatic rings. The molecule has 1 fully saturated rings. The first-order chi connectivity index (χ1) is 10.1. The maximum atomic E-state index is 13.2. The second-order valence-corrected chi connectivity index (χ2v) is 6.52. The lowest BCUT2D eigenvalue weighted by atomic mass is 9.74. The molecular formula is C19H25F2. The molecule has 0 nitrogen and oxygen atoms in total. The Balaban J connectivity index is 1.76. The van der Waals surface area contributed by atoms with E-state index in [1.165, 1.54) is 37.8 Å². The number of rotatable bonds is 6. The average Bonchev–Trinajstić information content (AvgIpc) is 2.49. The number of allylic oxidation sites excluding steroid dienone is 1. The van der Waals surface area contributed by atoms with Gasteiger partial charge in [-0.05, 0) is 67.6 Å². The first kappa shape index (κ1) is 16.2. The van der Waals surface area contributed by atoms with E-state index in [1.807, 2.05) is 0 Å². The smallest absolute Gasteiger partial charge is 0.159 e. The highest BCUT2D eigenvalue weighted by atomic mass is 19.2. The summed E-state index contributed by atoms with van der Waals surface area (Å²) in [6, 6.07) is 4.26. The Hall–Kier alpha value is -1.18. The van der Waals surface area contributed by atoms with Crippen LogP contribution in [0.25, 0.3) is 0 Å². The van der Waals surface area contributed by atoms with Crippen molar-refractivity contribution >= 4 is 0 Å². The van der Waals surface area contributed by atoms with E-state index in [0.717, 1.165) is 36.7 Å². The lowest BCUT2D eigenvalue weighted by Crippen LogP contribution is -2.20. The summed E-state index contributed by atoms with van der Waals surface area (Å²) >= 11 is 0. The van der Waals surface area contributed by atoms with Gasteiger partial charge in [0.25, 0.3) is 0 Å². The molecule has 0 amide bonds.